The highest BCUT2D eigenvalue weighted by atomic mass is 16.5. The van der Waals surface area contributed by atoms with Crippen molar-refractivity contribution in [3.8, 4) is 5.75 Å². The predicted octanol–water partition coefficient (Wildman–Crippen LogP) is 5.89. The lowest BCUT2D eigenvalue weighted by Crippen LogP contribution is -2.39. The van der Waals surface area contributed by atoms with Crippen molar-refractivity contribution in [1.82, 2.24) is 4.98 Å². The Morgan fingerprint density at radius 3 is 2.70 bits per heavy atom. The van der Waals surface area contributed by atoms with Crippen LogP contribution in [0.15, 0.2) is 54.6 Å². The Morgan fingerprint density at radius 1 is 1.04 bits per heavy atom. The van der Waals surface area contributed by atoms with E-state index in [0.29, 0.717) is 12.6 Å². The van der Waals surface area contributed by atoms with E-state index in [1.165, 1.54) is 36.8 Å². The van der Waals surface area contributed by atoms with E-state index in [1.807, 2.05) is 12.1 Å². The summed E-state index contributed by atoms with van der Waals surface area (Å²) in [4.78, 5) is 7.51. The van der Waals surface area contributed by atoms with Crippen molar-refractivity contribution in [2.24, 2.45) is 0 Å². The van der Waals surface area contributed by atoms with Gasteiger partial charge in [-0.2, -0.15) is 0 Å². The summed E-state index contributed by atoms with van der Waals surface area (Å²) in [6.07, 6.45) is 5.02. The number of fused-ring (bicyclic) bond motifs is 1. The maximum absolute atomic E-state index is 6.16. The molecule has 140 valence electrons. The van der Waals surface area contributed by atoms with E-state index >= 15 is 0 Å². The molecule has 1 aliphatic rings. The molecule has 1 fully saturated rings. The standard InChI is InChI=1S/C24H28N2O/c1-3-21-8-4-5-16-26(21)23-15-14-20-7-6-9-22(24(20)25-23)27-17-19-12-10-18(2)11-13-19/h6-7,9-15,21H,3-5,8,16-17H2,1-2H3. The first kappa shape index (κ1) is 17.8. The summed E-state index contributed by atoms with van der Waals surface area (Å²) in [5.74, 6) is 1.94. The van der Waals surface area contributed by atoms with Gasteiger partial charge in [-0.25, -0.2) is 4.98 Å². The lowest BCUT2D eigenvalue weighted by Gasteiger charge is -2.36. The highest BCUT2D eigenvalue weighted by molar-refractivity contribution is 5.86. The summed E-state index contributed by atoms with van der Waals surface area (Å²) >= 11 is 0. The van der Waals surface area contributed by atoms with Gasteiger partial charge in [-0.05, 0) is 56.4 Å². The molecule has 0 N–H and O–H groups in total. The third-order valence-electron chi connectivity index (χ3n) is 5.58. The zero-order chi connectivity index (χ0) is 18.6. The SMILES string of the molecule is CCC1CCCCN1c1ccc2cccc(OCc3ccc(C)cc3)c2n1. The van der Waals surface area contributed by atoms with E-state index in [0.717, 1.165) is 29.0 Å². The quantitative estimate of drug-likeness (QED) is 0.567. The van der Waals surface area contributed by atoms with Gasteiger partial charge in [0.25, 0.3) is 0 Å². The van der Waals surface area contributed by atoms with Gasteiger partial charge >= 0.3 is 0 Å². The lowest BCUT2D eigenvalue weighted by atomic mass is 10.00. The van der Waals surface area contributed by atoms with Gasteiger partial charge in [0.1, 0.15) is 23.7 Å². The number of para-hydroxylation sites is 1. The summed E-state index contributed by atoms with van der Waals surface area (Å²) in [6.45, 7) is 6.04. The van der Waals surface area contributed by atoms with E-state index in [9.17, 15) is 0 Å². The number of ether oxygens (including phenoxy) is 1. The minimum atomic E-state index is 0.562. The molecule has 0 aliphatic carbocycles. The molecule has 3 aromatic rings. The summed E-state index contributed by atoms with van der Waals surface area (Å²) < 4.78 is 6.16. The zero-order valence-electron chi connectivity index (χ0n) is 16.3. The highest BCUT2D eigenvalue weighted by Crippen LogP contribution is 2.30. The number of benzene rings is 2. The molecule has 1 aromatic heterocycles. The van der Waals surface area contributed by atoms with Crippen LogP contribution in [0, 0.1) is 6.92 Å². The molecule has 2 heterocycles. The predicted molar refractivity (Wildman–Crippen MR) is 113 cm³/mol. The molecule has 27 heavy (non-hydrogen) atoms. The molecule has 1 aliphatic heterocycles. The second-order valence-corrected chi connectivity index (χ2v) is 7.52. The number of aryl methyl sites for hydroxylation is 1. The molecule has 1 unspecified atom stereocenters. The van der Waals surface area contributed by atoms with Crippen molar-refractivity contribution < 1.29 is 4.74 Å². The Labute approximate surface area is 162 Å². The van der Waals surface area contributed by atoms with E-state index in [-0.39, 0.29) is 0 Å². The van der Waals surface area contributed by atoms with Crippen LogP contribution < -0.4 is 9.64 Å². The number of hydrogen-bond acceptors (Lipinski definition) is 3. The van der Waals surface area contributed by atoms with Crippen LogP contribution in [0.5, 0.6) is 5.75 Å². The van der Waals surface area contributed by atoms with Gasteiger partial charge in [0.05, 0.1) is 0 Å². The van der Waals surface area contributed by atoms with Crippen molar-refractivity contribution in [1.29, 1.82) is 0 Å². The van der Waals surface area contributed by atoms with Crippen LogP contribution >= 0.6 is 0 Å². The molecule has 3 heteroatoms. The van der Waals surface area contributed by atoms with Gasteiger partial charge in [0, 0.05) is 18.0 Å². The average molecular weight is 361 g/mol. The lowest BCUT2D eigenvalue weighted by molar-refractivity contribution is 0.309. The molecule has 2 aromatic carbocycles. The number of pyridine rings is 1. The first-order valence-corrected chi connectivity index (χ1v) is 10.1. The molecule has 1 saturated heterocycles. The monoisotopic (exact) mass is 360 g/mol. The van der Waals surface area contributed by atoms with Crippen LogP contribution in [0.25, 0.3) is 10.9 Å². The average Bonchev–Trinajstić information content (AvgIpc) is 2.73. The van der Waals surface area contributed by atoms with Gasteiger partial charge in [-0.1, -0.05) is 48.9 Å². The number of anilines is 1. The normalized spacial score (nSPS) is 17.3. The Kier molecular flexibility index (Phi) is 5.28. The number of aromatic nitrogens is 1. The van der Waals surface area contributed by atoms with Crippen LogP contribution in [0.2, 0.25) is 0 Å². The fraction of sp³-hybridized carbons (Fsp3) is 0.375. The Hall–Kier alpha value is -2.55. The topological polar surface area (TPSA) is 25.4 Å². The van der Waals surface area contributed by atoms with Crippen molar-refractivity contribution in [2.75, 3.05) is 11.4 Å². The van der Waals surface area contributed by atoms with E-state index < -0.39 is 0 Å². The van der Waals surface area contributed by atoms with Crippen LogP contribution in [0.3, 0.4) is 0 Å². The highest BCUT2D eigenvalue weighted by Gasteiger charge is 2.22. The van der Waals surface area contributed by atoms with Crippen molar-refractivity contribution in [3.63, 3.8) is 0 Å². The minimum Gasteiger partial charge on any atom is -0.487 e. The summed E-state index contributed by atoms with van der Waals surface area (Å²) in [5, 5.41) is 1.13. The van der Waals surface area contributed by atoms with Crippen LogP contribution in [0.1, 0.15) is 43.7 Å². The van der Waals surface area contributed by atoms with Gasteiger partial charge in [0.15, 0.2) is 0 Å². The van der Waals surface area contributed by atoms with E-state index in [2.05, 4.69) is 61.2 Å². The van der Waals surface area contributed by atoms with Crippen molar-refractivity contribution in [2.45, 2.75) is 52.2 Å². The molecular formula is C24H28N2O. The third-order valence-corrected chi connectivity index (χ3v) is 5.58. The number of nitrogens with zero attached hydrogens (tertiary/aromatic N) is 2. The zero-order valence-corrected chi connectivity index (χ0v) is 16.3. The minimum absolute atomic E-state index is 0.562. The maximum atomic E-state index is 6.16. The van der Waals surface area contributed by atoms with Crippen LogP contribution in [0.4, 0.5) is 5.82 Å². The molecule has 4 rings (SSSR count). The van der Waals surface area contributed by atoms with E-state index in [4.69, 9.17) is 9.72 Å². The van der Waals surface area contributed by atoms with Gasteiger partial charge < -0.3 is 9.64 Å². The second-order valence-electron chi connectivity index (χ2n) is 7.52. The summed E-state index contributed by atoms with van der Waals surface area (Å²) in [7, 11) is 0. The number of piperidine rings is 1. The first-order chi connectivity index (χ1) is 13.2. The molecule has 0 radical (unpaired) electrons. The maximum Gasteiger partial charge on any atom is 0.146 e. The Bertz CT molecular complexity index is 904. The summed E-state index contributed by atoms with van der Waals surface area (Å²) in [6, 6.07) is 19.6. The number of rotatable bonds is 5. The first-order valence-electron chi connectivity index (χ1n) is 10.1. The third kappa shape index (κ3) is 3.92. The van der Waals surface area contributed by atoms with Crippen molar-refractivity contribution in [3.05, 3.63) is 65.7 Å². The van der Waals surface area contributed by atoms with Gasteiger partial charge in [-0.15, -0.1) is 0 Å². The molecule has 0 saturated carbocycles. The number of hydrogen-bond donors (Lipinski definition) is 0. The fourth-order valence-corrected chi connectivity index (χ4v) is 3.96. The Balaban J connectivity index is 1.61. The largest absolute Gasteiger partial charge is 0.487 e. The molecule has 0 bridgehead atoms. The van der Waals surface area contributed by atoms with Crippen LogP contribution in [-0.2, 0) is 6.61 Å². The Morgan fingerprint density at radius 2 is 1.89 bits per heavy atom. The molecule has 0 amide bonds. The molecule has 3 nitrogen and oxygen atoms in total. The second kappa shape index (κ2) is 7.99. The molecule has 1 atom stereocenters. The van der Waals surface area contributed by atoms with Crippen molar-refractivity contribution >= 4 is 16.7 Å². The summed E-state index contributed by atoms with van der Waals surface area (Å²) in [5.41, 5.74) is 3.40. The van der Waals surface area contributed by atoms with E-state index in [1.54, 1.807) is 0 Å². The van der Waals surface area contributed by atoms with Crippen LogP contribution in [-0.4, -0.2) is 17.6 Å². The van der Waals surface area contributed by atoms with Gasteiger partial charge in [0.2, 0.25) is 0 Å². The molecular weight excluding hydrogens is 332 g/mol. The molecule has 0 spiro atoms. The smallest absolute Gasteiger partial charge is 0.146 e. The fourth-order valence-electron chi connectivity index (χ4n) is 3.96. The van der Waals surface area contributed by atoms with Gasteiger partial charge in [-0.3, -0.25) is 0 Å².